The van der Waals surface area contributed by atoms with E-state index in [2.05, 4.69) is 15.9 Å². The number of alkyl halides is 1. The third kappa shape index (κ3) is 5.83. The smallest absolute Gasteiger partial charge is 0.304 e. The summed E-state index contributed by atoms with van der Waals surface area (Å²) in [5.41, 5.74) is 0. The minimum Gasteiger partial charge on any atom is -0.481 e. The Morgan fingerprint density at radius 2 is 2.33 bits per heavy atom. The van der Waals surface area contributed by atoms with Crippen LogP contribution in [0, 0.1) is 0 Å². The highest BCUT2D eigenvalue weighted by atomic mass is 79.9. The molecule has 0 saturated carbocycles. The maximum absolute atomic E-state index is 10.1. The van der Waals surface area contributed by atoms with Gasteiger partial charge < -0.3 is 5.11 Å². The van der Waals surface area contributed by atoms with E-state index in [1.807, 2.05) is 6.92 Å². The topological polar surface area (TPSA) is 37.3 Å². The van der Waals surface area contributed by atoms with Gasteiger partial charge in [0.1, 0.15) is 0 Å². The summed E-state index contributed by atoms with van der Waals surface area (Å²) in [7, 11) is 0. The van der Waals surface area contributed by atoms with Gasteiger partial charge in [0.15, 0.2) is 0 Å². The van der Waals surface area contributed by atoms with Crippen LogP contribution in [0.25, 0.3) is 0 Å². The average Bonchev–Trinajstić information content (AvgIpc) is 1.63. The molecule has 0 aromatic carbocycles. The van der Waals surface area contributed by atoms with Gasteiger partial charge >= 0.3 is 5.97 Å². The van der Waals surface area contributed by atoms with Crippen LogP contribution >= 0.6 is 15.9 Å². The van der Waals surface area contributed by atoms with Crippen LogP contribution in [-0.4, -0.2) is 15.9 Å². The molecule has 0 heterocycles. The van der Waals surface area contributed by atoms with Crippen molar-refractivity contribution in [2.24, 2.45) is 0 Å². The van der Waals surface area contributed by atoms with Crippen molar-refractivity contribution in [2.75, 3.05) is 0 Å². The summed E-state index contributed by atoms with van der Waals surface area (Å²) < 4.78 is 0. The summed E-state index contributed by atoms with van der Waals surface area (Å²) in [5.74, 6) is -0.731. The van der Waals surface area contributed by atoms with Gasteiger partial charge in [-0.1, -0.05) is 29.3 Å². The molecule has 0 aliphatic rings. The maximum Gasteiger partial charge on any atom is 0.304 e. The molecule has 0 amide bonds. The zero-order valence-corrected chi connectivity index (χ0v) is 7.02. The largest absolute Gasteiger partial charge is 0.481 e. The van der Waals surface area contributed by atoms with E-state index in [9.17, 15) is 4.79 Å². The molecule has 1 unspecified atom stereocenters. The van der Waals surface area contributed by atoms with E-state index in [1.54, 1.807) is 0 Å². The van der Waals surface area contributed by atoms with Gasteiger partial charge in [-0.25, -0.2) is 0 Å². The zero-order chi connectivity index (χ0) is 7.28. The highest BCUT2D eigenvalue weighted by molar-refractivity contribution is 9.09. The summed E-state index contributed by atoms with van der Waals surface area (Å²) in [4.78, 5) is 10.2. The molecule has 0 aliphatic heterocycles. The van der Waals surface area contributed by atoms with Crippen molar-refractivity contribution in [1.82, 2.24) is 0 Å². The first-order valence-electron chi connectivity index (χ1n) is 3.02. The second kappa shape index (κ2) is 4.79. The normalized spacial score (nSPS) is 13.1. The Hall–Kier alpha value is -0.0500. The summed E-state index contributed by atoms with van der Waals surface area (Å²) in [6.45, 7) is 2.04. The van der Waals surface area contributed by atoms with Crippen molar-refractivity contribution in [1.29, 1.82) is 0 Å². The van der Waals surface area contributed by atoms with E-state index in [0.717, 1.165) is 12.8 Å². The lowest BCUT2D eigenvalue weighted by Gasteiger charge is -2.01. The quantitative estimate of drug-likeness (QED) is 0.696. The summed E-state index contributed by atoms with van der Waals surface area (Å²) in [5, 5.41) is 8.28. The summed E-state index contributed by atoms with van der Waals surface area (Å²) in [6, 6.07) is 0. The number of hydrogen-bond acceptors (Lipinski definition) is 1. The van der Waals surface area contributed by atoms with E-state index in [-0.39, 0.29) is 11.2 Å². The molecular formula is C6H11BrO2. The molecule has 0 bridgehead atoms. The highest BCUT2D eigenvalue weighted by Gasteiger charge is 2.06. The van der Waals surface area contributed by atoms with E-state index < -0.39 is 5.97 Å². The predicted molar refractivity (Wildman–Crippen MR) is 39.9 cm³/mol. The lowest BCUT2D eigenvalue weighted by molar-refractivity contribution is -0.136. The molecule has 0 spiro atoms. The van der Waals surface area contributed by atoms with E-state index in [4.69, 9.17) is 5.11 Å². The fraction of sp³-hybridized carbons (Fsp3) is 0.833. The Morgan fingerprint density at radius 1 is 1.78 bits per heavy atom. The maximum atomic E-state index is 10.1. The van der Waals surface area contributed by atoms with E-state index >= 15 is 0 Å². The first kappa shape index (κ1) is 8.95. The SMILES string of the molecule is CCCC(Br)CC(=O)O. The van der Waals surface area contributed by atoms with Crippen molar-refractivity contribution >= 4 is 21.9 Å². The average molecular weight is 195 g/mol. The van der Waals surface area contributed by atoms with Crippen LogP contribution in [0.4, 0.5) is 0 Å². The molecule has 0 fully saturated rings. The van der Waals surface area contributed by atoms with Crippen LogP contribution < -0.4 is 0 Å². The molecular weight excluding hydrogens is 184 g/mol. The van der Waals surface area contributed by atoms with Crippen molar-refractivity contribution in [2.45, 2.75) is 31.0 Å². The Labute approximate surface area is 63.4 Å². The number of rotatable bonds is 4. The standard InChI is InChI=1S/C6H11BrO2/c1-2-3-5(7)4-6(8)9/h5H,2-4H2,1H3,(H,8,9). The summed E-state index contributed by atoms with van der Waals surface area (Å²) >= 11 is 3.26. The molecule has 1 atom stereocenters. The molecule has 1 N–H and O–H groups in total. The zero-order valence-electron chi connectivity index (χ0n) is 5.43. The van der Waals surface area contributed by atoms with Gasteiger partial charge in [-0.2, -0.15) is 0 Å². The molecule has 0 radical (unpaired) electrons. The molecule has 3 heteroatoms. The number of carboxylic acids is 1. The molecule has 0 aromatic rings. The molecule has 0 saturated heterocycles. The molecule has 0 rings (SSSR count). The van der Waals surface area contributed by atoms with Gasteiger partial charge in [0.25, 0.3) is 0 Å². The van der Waals surface area contributed by atoms with Crippen LogP contribution in [-0.2, 0) is 4.79 Å². The fourth-order valence-electron chi connectivity index (χ4n) is 0.605. The highest BCUT2D eigenvalue weighted by Crippen LogP contribution is 2.11. The fourth-order valence-corrected chi connectivity index (χ4v) is 1.34. The number of carbonyl (C=O) groups is 1. The molecule has 54 valence electrons. The predicted octanol–water partition coefficient (Wildman–Crippen LogP) is 2.02. The van der Waals surface area contributed by atoms with Gasteiger partial charge in [0, 0.05) is 4.83 Å². The van der Waals surface area contributed by atoms with Gasteiger partial charge in [0.2, 0.25) is 0 Å². The molecule has 2 nitrogen and oxygen atoms in total. The van der Waals surface area contributed by atoms with Gasteiger partial charge in [0.05, 0.1) is 6.42 Å². The van der Waals surface area contributed by atoms with Crippen LogP contribution in [0.15, 0.2) is 0 Å². The van der Waals surface area contributed by atoms with Crippen LogP contribution in [0.3, 0.4) is 0 Å². The Bertz CT molecular complexity index is 93.1. The number of carboxylic acid groups (broad SMARTS) is 1. The number of hydrogen-bond donors (Lipinski definition) is 1. The Morgan fingerprint density at radius 3 is 2.67 bits per heavy atom. The Balaban J connectivity index is 3.26. The second-order valence-corrected chi connectivity index (χ2v) is 3.28. The van der Waals surface area contributed by atoms with Crippen LogP contribution in [0.5, 0.6) is 0 Å². The minimum absolute atomic E-state index is 0.153. The van der Waals surface area contributed by atoms with Gasteiger partial charge in [-0.15, -0.1) is 0 Å². The Kier molecular flexibility index (Phi) is 4.77. The van der Waals surface area contributed by atoms with Crippen molar-refractivity contribution in [3.8, 4) is 0 Å². The molecule has 0 aliphatic carbocycles. The third-order valence-electron chi connectivity index (χ3n) is 0.998. The van der Waals surface area contributed by atoms with Crippen molar-refractivity contribution in [3.05, 3.63) is 0 Å². The first-order chi connectivity index (χ1) is 4.16. The first-order valence-corrected chi connectivity index (χ1v) is 3.94. The number of aliphatic carboxylic acids is 1. The monoisotopic (exact) mass is 194 g/mol. The second-order valence-electron chi connectivity index (χ2n) is 1.98. The third-order valence-corrected chi connectivity index (χ3v) is 1.78. The molecule has 0 aromatic heterocycles. The van der Waals surface area contributed by atoms with E-state index in [0.29, 0.717) is 0 Å². The van der Waals surface area contributed by atoms with Crippen molar-refractivity contribution < 1.29 is 9.90 Å². The van der Waals surface area contributed by atoms with Crippen LogP contribution in [0.2, 0.25) is 0 Å². The van der Waals surface area contributed by atoms with E-state index in [1.165, 1.54) is 0 Å². The van der Waals surface area contributed by atoms with Crippen molar-refractivity contribution in [3.63, 3.8) is 0 Å². The van der Waals surface area contributed by atoms with Crippen LogP contribution in [0.1, 0.15) is 26.2 Å². The minimum atomic E-state index is -0.731. The summed E-state index contributed by atoms with van der Waals surface area (Å²) in [6.07, 6.45) is 2.20. The number of halogens is 1. The lowest BCUT2D eigenvalue weighted by atomic mass is 10.2. The van der Waals surface area contributed by atoms with Gasteiger partial charge in [-0.3, -0.25) is 4.79 Å². The lowest BCUT2D eigenvalue weighted by Crippen LogP contribution is -2.05. The van der Waals surface area contributed by atoms with Gasteiger partial charge in [-0.05, 0) is 6.42 Å². The molecule has 9 heavy (non-hydrogen) atoms.